The Labute approximate surface area is 79.7 Å². The maximum atomic E-state index is 5.48. The highest BCUT2D eigenvalue weighted by molar-refractivity contribution is 5.77. The van der Waals surface area contributed by atoms with Crippen molar-refractivity contribution in [2.75, 3.05) is 6.54 Å². The molecule has 13 heavy (non-hydrogen) atoms. The van der Waals surface area contributed by atoms with Crippen molar-refractivity contribution in [1.29, 1.82) is 0 Å². The van der Waals surface area contributed by atoms with E-state index in [1.807, 2.05) is 0 Å². The lowest BCUT2D eigenvalue weighted by atomic mass is 9.84. The smallest absolute Gasteiger partial charge is 0.203 e. The predicted octanol–water partition coefficient (Wildman–Crippen LogP) is 0.735. The van der Waals surface area contributed by atoms with Crippen molar-refractivity contribution in [2.24, 2.45) is 22.0 Å². The Morgan fingerprint density at radius 3 is 2.54 bits per heavy atom. The van der Waals surface area contributed by atoms with Crippen LogP contribution in [0.25, 0.3) is 0 Å². The fourth-order valence-corrected chi connectivity index (χ4v) is 2.05. The van der Waals surface area contributed by atoms with E-state index >= 15 is 0 Å². The van der Waals surface area contributed by atoms with E-state index in [9.17, 15) is 0 Å². The number of hydrogen-bond acceptors (Lipinski definition) is 2. The standard InChI is InChI=1S/C9H20N4/c1-2-9(5-3-4-6-9)7-12-8(10)13-11/h2-7,11H2,1H3,(H3,10,12,13). The van der Waals surface area contributed by atoms with Gasteiger partial charge in [0.25, 0.3) is 0 Å². The molecule has 0 aliphatic heterocycles. The van der Waals surface area contributed by atoms with Crippen LogP contribution >= 0.6 is 0 Å². The zero-order valence-corrected chi connectivity index (χ0v) is 8.34. The minimum absolute atomic E-state index is 0.347. The van der Waals surface area contributed by atoms with Crippen molar-refractivity contribution < 1.29 is 0 Å². The molecule has 0 heterocycles. The van der Waals surface area contributed by atoms with Crippen LogP contribution in [0.3, 0.4) is 0 Å². The summed E-state index contributed by atoms with van der Waals surface area (Å²) in [4.78, 5) is 4.23. The molecule has 0 radical (unpaired) electrons. The van der Waals surface area contributed by atoms with Gasteiger partial charge in [0.1, 0.15) is 0 Å². The molecular formula is C9H20N4. The van der Waals surface area contributed by atoms with Crippen LogP contribution in [0, 0.1) is 5.41 Å². The van der Waals surface area contributed by atoms with Gasteiger partial charge in [0.2, 0.25) is 5.96 Å². The molecule has 4 heteroatoms. The number of hydrogen-bond donors (Lipinski definition) is 3. The summed E-state index contributed by atoms with van der Waals surface area (Å²) < 4.78 is 0. The van der Waals surface area contributed by atoms with Gasteiger partial charge in [-0.15, -0.1) is 0 Å². The van der Waals surface area contributed by atoms with Gasteiger partial charge in [-0.25, -0.2) is 5.84 Å². The van der Waals surface area contributed by atoms with Gasteiger partial charge in [0.05, 0.1) is 0 Å². The van der Waals surface area contributed by atoms with Crippen LogP contribution in [0.15, 0.2) is 4.99 Å². The zero-order valence-electron chi connectivity index (χ0n) is 8.34. The van der Waals surface area contributed by atoms with E-state index in [0.717, 1.165) is 6.54 Å². The normalized spacial score (nSPS) is 21.8. The molecule has 0 spiro atoms. The predicted molar refractivity (Wildman–Crippen MR) is 55.0 cm³/mol. The number of rotatable bonds is 3. The summed E-state index contributed by atoms with van der Waals surface area (Å²) in [6.07, 6.45) is 6.42. The van der Waals surface area contributed by atoms with E-state index in [2.05, 4.69) is 17.3 Å². The Kier molecular flexibility index (Phi) is 3.54. The molecule has 76 valence electrons. The third-order valence-corrected chi connectivity index (χ3v) is 3.15. The Hall–Kier alpha value is -0.770. The fraction of sp³-hybridized carbons (Fsp3) is 0.889. The molecule has 1 fully saturated rings. The molecule has 0 saturated heterocycles. The molecule has 0 bridgehead atoms. The summed E-state index contributed by atoms with van der Waals surface area (Å²) >= 11 is 0. The number of aliphatic imine (C=N–C) groups is 1. The molecule has 0 aromatic heterocycles. The number of guanidine groups is 1. The maximum Gasteiger partial charge on any atom is 0.203 e. The number of nitrogens with one attached hydrogen (secondary N) is 1. The van der Waals surface area contributed by atoms with Crippen molar-refractivity contribution >= 4 is 5.96 Å². The quantitative estimate of drug-likeness (QED) is 0.262. The average molecular weight is 184 g/mol. The summed E-state index contributed by atoms with van der Waals surface area (Å²) in [5.41, 5.74) is 8.24. The molecule has 1 aliphatic rings. The third-order valence-electron chi connectivity index (χ3n) is 3.15. The highest BCUT2D eigenvalue weighted by atomic mass is 15.3. The minimum Gasteiger partial charge on any atom is -0.369 e. The lowest BCUT2D eigenvalue weighted by Gasteiger charge is -2.24. The van der Waals surface area contributed by atoms with Crippen LogP contribution < -0.4 is 17.0 Å². The molecule has 0 atom stereocenters. The number of hydrazine groups is 1. The van der Waals surface area contributed by atoms with Crippen molar-refractivity contribution in [1.82, 2.24) is 5.43 Å². The van der Waals surface area contributed by atoms with Crippen molar-refractivity contribution in [2.45, 2.75) is 39.0 Å². The van der Waals surface area contributed by atoms with Crippen LogP contribution in [-0.4, -0.2) is 12.5 Å². The second-order valence-corrected chi connectivity index (χ2v) is 3.91. The van der Waals surface area contributed by atoms with Gasteiger partial charge in [0.15, 0.2) is 0 Å². The molecule has 4 nitrogen and oxygen atoms in total. The van der Waals surface area contributed by atoms with Crippen molar-refractivity contribution in [3.8, 4) is 0 Å². The van der Waals surface area contributed by atoms with Crippen LogP contribution in [0.4, 0.5) is 0 Å². The van der Waals surface area contributed by atoms with Gasteiger partial charge in [-0.3, -0.25) is 10.4 Å². The Morgan fingerprint density at radius 1 is 1.46 bits per heavy atom. The number of nitrogens with two attached hydrogens (primary N) is 2. The van der Waals surface area contributed by atoms with Crippen molar-refractivity contribution in [3.05, 3.63) is 0 Å². The first kappa shape index (κ1) is 10.3. The van der Waals surface area contributed by atoms with Gasteiger partial charge >= 0.3 is 0 Å². The van der Waals surface area contributed by atoms with Gasteiger partial charge in [-0.1, -0.05) is 19.8 Å². The van der Waals surface area contributed by atoms with Gasteiger partial charge in [0, 0.05) is 6.54 Å². The second-order valence-electron chi connectivity index (χ2n) is 3.91. The summed E-state index contributed by atoms with van der Waals surface area (Å²) in [5, 5.41) is 0. The molecule has 0 aromatic carbocycles. The second kappa shape index (κ2) is 4.46. The Morgan fingerprint density at radius 2 is 2.08 bits per heavy atom. The van der Waals surface area contributed by atoms with Crippen LogP contribution in [0.1, 0.15) is 39.0 Å². The summed E-state index contributed by atoms with van der Waals surface area (Å²) in [6, 6.07) is 0. The number of nitrogens with zero attached hydrogens (tertiary/aromatic N) is 1. The van der Waals surface area contributed by atoms with E-state index in [4.69, 9.17) is 11.6 Å². The van der Waals surface area contributed by atoms with Gasteiger partial charge in [-0.2, -0.15) is 0 Å². The molecule has 0 amide bonds. The maximum absolute atomic E-state index is 5.48. The van der Waals surface area contributed by atoms with Crippen LogP contribution in [0.5, 0.6) is 0 Å². The van der Waals surface area contributed by atoms with E-state index < -0.39 is 0 Å². The summed E-state index contributed by atoms with van der Waals surface area (Å²) in [5.74, 6) is 5.48. The highest BCUT2D eigenvalue weighted by Gasteiger charge is 2.31. The van der Waals surface area contributed by atoms with E-state index in [1.165, 1.54) is 32.1 Å². The van der Waals surface area contributed by atoms with Crippen molar-refractivity contribution in [3.63, 3.8) is 0 Å². The molecule has 1 aliphatic carbocycles. The highest BCUT2D eigenvalue weighted by Crippen LogP contribution is 2.40. The lowest BCUT2D eigenvalue weighted by molar-refractivity contribution is 0.297. The Balaban J connectivity index is 2.48. The minimum atomic E-state index is 0.347. The first-order chi connectivity index (χ1) is 6.22. The summed E-state index contributed by atoms with van der Waals surface area (Å²) in [6.45, 7) is 3.05. The molecular weight excluding hydrogens is 164 g/mol. The fourth-order valence-electron chi connectivity index (χ4n) is 2.05. The SMILES string of the molecule is CCC1(CN=C(N)NN)CCCC1. The Bertz CT molecular complexity index is 182. The topological polar surface area (TPSA) is 76.4 Å². The van der Waals surface area contributed by atoms with Gasteiger partial charge in [-0.05, 0) is 24.7 Å². The lowest BCUT2D eigenvalue weighted by Crippen LogP contribution is -2.38. The molecule has 0 unspecified atom stereocenters. The van der Waals surface area contributed by atoms with Crippen LogP contribution in [-0.2, 0) is 0 Å². The monoisotopic (exact) mass is 184 g/mol. The van der Waals surface area contributed by atoms with E-state index in [-0.39, 0.29) is 0 Å². The zero-order chi connectivity index (χ0) is 9.73. The first-order valence-electron chi connectivity index (χ1n) is 4.99. The largest absolute Gasteiger partial charge is 0.369 e. The van der Waals surface area contributed by atoms with Crippen LogP contribution in [0.2, 0.25) is 0 Å². The van der Waals surface area contributed by atoms with E-state index in [0.29, 0.717) is 11.4 Å². The molecule has 1 saturated carbocycles. The third kappa shape index (κ3) is 2.59. The summed E-state index contributed by atoms with van der Waals surface area (Å²) in [7, 11) is 0. The molecule has 5 N–H and O–H groups in total. The average Bonchev–Trinajstić information content (AvgIpc) is 2.63. The molecule has 0 aromatic rings. The van der Waals surface area contributed by atoms with Gasteiger partial charge < -0.3 is 5.73 Å². The molecule has 1 rings (SSSR count). The first-order valence-corrected chi connectivity index (χ1v) is 4.99. The van der Waals surface area contributed by atoms with E-state index in [1.54, 1.807) is 0 Å².